The summed E-state index contributed by atoms with van der Waals surface area (Å²) in [6.45, 7) is 3.30. The van der Waals surface area contributed by atoms with Crippen LogP contribution in [0.1, 0.15) is 29.8 Å². The maximum Gasteiger partial charge on any atom is 0.265 e. The number of H-pyrrole nitrogens is 2. The molecule has 4 aromatic rings. The fourth-order valence-corrected chi connectivity index (χ4v) is 4.73. The number of quaternary nitrogens is 1. The molecule has 0 fully saturated rings. The van der Waals surface area contributed by atoms with Crippen molar-refractivity contribution in [1.82, 2.24) is 14.5 Å². The molecule has 1 atom stereocenters. The van der Waals surface area contributed by atoms with Crippen LogP contribution in [0.2, 0.25) is 0 Å². The van der Waals surface area contributed by atoms with Crippen molar-refractivity contribution in [3.8, 4) is 17.3 Å². The summed E-state index contributed by atoms with van der Waals surface area (Å²) >= 11 is 5.38. The topological polar surface area (TPSA) is 99.6 Å². The average molecular weight is 436 g/mol. The highest BCUT2D eigenvalue weighted by atomic mass is 32.1. The zero-order valence-corrected chi connectivity index (χ0v) is 17.8. The number of hydrogen-bond acceptors (Lipinski definition) is 4. The van der Waals surface area contributed by atoms with Crippen molar-refractivity contribution in [1.29, 1.82) is 0 Å². The molecule has 0 amide bonds. The molecule has 2 aromatic carbocycles. The molecule has 0 bridgehead atoms. The first-order chi connectivity index (χ1) is 15.1. The van der Waals surface area contributed by atoms with E-state index in [1.165, 1.54) is 10.1 Å². The zero-order chi connectivity index (χ0) is 21.5. The van der Waals surface area contributed by atoms with Crippen LogP contribution in [-0.2, 0) is 6.42 Å². The van der Waals surface area contributed by atoms with Crippen molar-refractivity contribution >= 4 is 23.1 Å². The molecule has 1 aliphatic heterocycles. The van der Waals surface area contributed by atoms with Gasteiger partial charge >= 0.3 is 0 Å². The van der Waals surface area contributed by atoms with Gasteiger partial charge in [-0.3, -0.25) is 14.3 Å². The molecule has 0 spiro atoms. The molecule has 5 N–H and O–H groups in total. The lowest BCUT2D eigenvalue weighted by atomic mass is 9.95. The Hall–Kier alpha value is -3.36. The van der Waals surface area contributed by atoms with Gasteiger partial charge in [0.15, 0.2) is 10.8 Å². The molecule has 8 heteroatoms. The monoisotopic (exact) mass is 435 g/mol. The fourth-order valence-electron chi connectivity index (χ4n) is 4.45. The van der Waals surface area contributed by atoms with Crippen LogP contribution in [0.15, 0.2) is 53.3 Å². The largest absolute Gasteiger partial charge is 0.494 e. The van der Waals surface area contributed by atoms with Gasteiger partial charge in [-0.1, -0.05) is 18.2 Å². The summed E-state index contributed by atoms with van der Waals surface area (Å²) in [6.07, 6.45) is 0.895. The Morgan fingerprint density at radius 3 is 2.74 bits per heavy atom. The first-order valence-corrected chi connectivity index (χ1v) is 10.7. The summed E-state index contributed by atoms with van der Waals surface area (Å²) in [6, 6.07) is 15.0. The van der Waals surface area contributed by atoms with E-state index < -0.39 is 0 Å². The summed E-state index contributed by atoms with van der Waals surface area (Å²) in [5.74, 6) is 0.580. The second-order valence-electron chi connectivity index (χ2n) is 7.57. The van der Waals surface area contributed by atoms with Gasteiger partial charge < -0.3 is 20.1 Å². The highest BCUT2D eigenvalue weighted by molar-refractivity contribution is 7.71. The number of aromatic hydroxyl groups is 1. The molecule has 5 rings (SSSR count). The average Bonchev–Trinajstić information content (AvgIpc) is 3.14. The molecule has 3 heterocycles. The minimum absolute atomic E-state index is 0.142. The fraction of sp³-hybridized carbons (Fsp3) is 0.217. The summed E-state index contributed by atoms with van der Waals surface area (Å²) in [5, 5.41) is 14.5. The molecule has 0 aliphatic carbocycles. The lowest BCUT2D eigenvalue weighted by Gasteiger charge is -2.22. The van der Waals surface area contributed by atoms with E-state index in [4.69, 9.17) is 17.0 Å². The highest BCUT2D eigenvalue weighted by Crippen LogP contribution is 2.33. The third-order valence-corrected chi connectivity index (χ3v) is 6.08. The van der Waals surface area contributed by atoms with Crippen LogP contribution in [0.25, 0.3) is 16.6 Å². The van der Waals surface area contributed by atoms with Crippen LogP contribution >= 0.6 is 12.2 Å². The van der Waals surface area contributed by atoms with Gasteiger partial charge in [-0.25, -0.2) is 0 Å². The summed E-state index contributed by atoms with van der Waals surface area (Å²) in [7, 11) is 0. The number of nitrogens with one attached hydrogen (secondary N) is 2. The molecule has 7 nitrogen and oxygen atoms in total. The highest BCUT2D eigenvalue weighted by Gasteiger charge is 2.34. The Bertz CT molecular complexity index is 1380. The number of nitrogens with zero attached hydrogens (tertiary/aromatic N) is 1. The van der Waals surface area contributed by atoms with Gasteiger partial charge in [0.2, 0.25) is 5.88 Å². The first kappa shape index (κ1) is 19.6. The molecule has 1 aliphatic rings. The lowest BCUT2D eigenvalue weighted by molar-refractivity contribution is -0.690. The maximum absolute atomic E-state index is 13.0. The van der Waals surface area contributed by atoms with Crippen LogP contribution < -0.4 is 15.6 Å². The van der Waals surface area contributed by atoms with Gasteiger partial charge in [0.25, 0.3) is 5.56 Å². The number of aromatic amines is 2. The molecule has 31 heavy (non-hydrogen) atoms. The SMILES string of the molecule is CCOc1ccc(-n2c(O)c([C@@H]3[NH2+]CCc4c3[nH]c3ccccc43)c(=O)[nH]c2=S)cc1. The summed E-state index contributed by atoms with van der Waals surface area (Å²) in [5.41, 5.74) is 3.73. The minimum atomic E-state index is -0.377. The van der Waals surface area contributed by atoms with E-state index in [1.54, 1.807) is 0 Å². The van der Waals surface area contributed by atoms with Gasteiger partial charge in [0.1, 0.15) is 11.3 Å². The van der Waals surface area contributed by atoms with E-state index >= 15 is 0 Å². The number of rotatable bonds is 4. The third-order valence-electron chi connectivity index (χ3n) is 5.79. The van der Waals surface area contributed by atoms with Crippen molar-refractivity contribution in [3.63, 3.8) is 0 Å². The standard InChI is InChI=1S/C23H22N4O3S/c1-2-30-14-9-7-13(8-10-14)27-22(29)18(21(28)26-23(27)31)20-19-16(11-12-24-20)15-5-3-4-6-17(15)25-19/h3-10,20,24-25,29H,2,11-12H2,1H3,(H,26,28,31)/p+1/t20-/m0/s1. The van der Waals surface area contributed by atoms with Crippen LogP contribution in [-0.4, -0.2) is 32.8 Å². The molecule has 0 radical (unpaired) electrons. The Kier molecular flexibility index (Phi) is 4.88. The molecular formula is C23H23N4O3S+. The second-order valence-corrected chi connectivity index (χ2v) is 7.96. The van der Waals surface area contributed by atoms with Gasteiger partial charge in [-0.2, -0.15) is 0 Å². The van der Waals surface area contributed by atoms with E-state index in [2.05, 4.69) is 21.4 Å². The molecule has 2 aromatic heterocycles. The van der Waals surface area contributed by atoms with Crippen molar-refractivity contribution in [2.24, 2.45) is 0 Å². The summed E-state index contributed by atoms with van der Waals surface area (Å²) < 4.78 is 7.13. The summed E-state index contributed by atoms with van der Waals surface area (Å²) in [4.78, 5) is 19.2. The van der Waals surface area contributed by atoms with Crippen LogP contribution in [0.3, 0.4) is 0 Å². The first-order valence-electron chi connectivity index (χ1n) is 10.3. The van der Waals surface area contributed by atoms with E-state index in [0.717, 1.165) is 35.3 Å². The number of hydrogen-bond donors (Lipinski definition) is 4. The molecule has 0 unspecified atom stereocenters. The van der Waals surface area contributed by atoms with E-state index in [9.17, 15) is 9.90 Å². The van der Waals surface area contributed by atoms with Crippen molar-refractivity contribution in [3.05, 3.63) is 80.5 Å². The van der Waals surface area contributed by atoms with Gasteiger partial charge in [0.05, 0.1) is 24.5 Å². The minimum Gasteiger partial charge on any atom is -0.494 e. The van der Waals surface area contributed by atoms with E-state index in [1.807, 2.05) is 49.4 Å². The lowest BCUT2D eigenvalue weighted by Crippen LogP contribution is -2.87. The molecule has 0 saturated carbocycles. The molecule has 0 saturated heterocycles. The maximum atomic E-state index is 13.0. The Labute approximate surface area is 183 Å². The van der Waals surface area contributed by atoms with Crippen molar-refractivity contribution in [2.75, 3.05) is 13.2 Å². The number of benzene rings is 2. The van der Waals surface area contributed by atoms with Crippen LogP contribution in [0.4, 0.5) is 0 Å². The van der Waals surface area contributed by atoms with E-state index in [0.29, 0.717) is 12.3 Å². The number of nitrogens with two attached hydrogens (primary N) is 1. The second kappa shape index (κ2) is 7.72. The quantitative estimate of drug-likeness (QED) is 0.370. The van der Waals surface area contributed by atoms with Crippen molar-refractivity contribution in [2.45, 2.75) is 19.4 Å². The Balaban J connectivity index is 1.67. The number of aromatic nitrogens is 3. The van der Waals surface area contributed by atoms with Crippen molar-refractivity contribution < 1.29 is 15.2 Å². The number of para-hydroxylation sites is 1. The smallest absolute Gasteiger partial charge is 0.265 e. The molecule has 158 valence electrons. The number of fused-ring (bicyclic) bond motifs is 3. The predicted molar refractivity (Wildman–Crippen MR) is 121 cm³/mol. The predicted octanol–water partition coefficient (Wildman–Crippen LogP) is 2.69. The van der Waals surface area contributed by atoms with Gasteiger partial charge in [0, 0.05) is 17.3 Å². The third kappa shape index (κ3) is 3.24. The zero-order valence-electron chi connectivity index (χ0n) is 17.0. The van der Waals surface area contributed by atoms with E-state index in [-0.39, 0.29) is 27.8 Å². The normalized spacial score (nSPS) is 15.7. The Morgan fingerprint density at radius 2 is 1.97 bits per heavy atom. The van der Waals surface area contributed by atoms with Gasteiger partial charge in [-0.05, 0) is 55.0 Å². The Morgan fingerprint density at radius 1 is 1.19 bits per heavy atom. The van der Waals surface area contributed by atoms with Crippen LogP contribution in [0.5, 0.6) is 11.6 Å². The number of ether oxygens (including phenoxy) is 1. The van der Waals surface area contributed by atoms with Crippen LogP contribution in [0, 0.1) is 4.77 Å². The van der Waals surface area contributed by atoms with Gasteiger partial charge in [-0.15, -0.1) is 0 Å². The molecular weight excluding hydrogens is 412 g/mol.